The molecule has 21 heavy (non-hydrogen) atoms. The fourth-order valence-electron chi connectivity index (χ4n) is 2.78. The fraction of sp³-hybridized carbons (Fsp3) is 0.500. The highest BCUT2D eigenvalue weighted by molar-refractivity contribution is 9.10. The quantitative estimate of drug-likeness (QED) is 0.907. The van der Waals surface area contributed by atoms with Crippen molar-refractivity contribution in [3.05, 3.63) is 34.3 Å². The summed E-state index contributed by atoms with van der Waals surface area (Å²) in [7, 11) is 0. The van der Waals surface area contributed by atoms with E-state index in [0.717, 1.165) is 16.5 Å². The van der Waals surface area contributed by atoms with Crippen LogP contribution in [0.3, 0.4) is 0 Å². The zero-order valence-electron chi connectivity index (χ0n) is 12.3. The highest BCUT2D eigenvalue weighted by atomic mass is 79.9. The number of carboxylic acids is 1. The van der Waals surface area contributed by atoms with Crippen molar-refractivity contribution < 1.29 is 14.7 Å². The Morgan fingerprint density at radius 2 is 1.95 bits per heavy atom. The molecule has 1 heterocycles. The second-order valence-electron chi connectivity index (χ2n) is 5.79. The predicted octanol–water partition coefficient (Wildman–Crippen LogP) is 3.26. The van der Waals surface area contributed by atoms with E-state index in [2.05, 4.69) is 15.9 Å². The molecular formula is C16H20BrNO3. The zero-order valence-corrected chi connectivity index (χ0v) is 13.8. The number of rotatable bonds is 3. The lowest BCUT2D eigenvalue weighted by atomic mass is 9.90. The highest BCUT2D eigenvalue weighted by Gasteiger charge is 2.36. The number of hydrogen-bond acceptors (Lipinski definition) is 2. The number of amides is 1. The first-order valence-corrected chi connectivity index (χ1v) is 7.98. The molecular weight excluding hydrogens is 334 g/mol. The van der Waals surface area contributed by atoms with Gasteiger partial charge in [-0.1, -0.05) is 35.0 Å². The Labute approximate surface area is 133 Å². The number of nitrogens with zero attached hydrogens (tertiary/aromatic N) is 1. The van der Waals surface area contributed by atoms with Crippen molar-refractivity contribution in [3.8, 4) is 0 Å². The second-order valence-corrected chi connectivity index (χ2v) is 6.70. The Balaban J connectivity index is 2.17. The molecule has 5 heteroatoms. The summed E-state index contributed by atoms with van der Waals surface area (Å²) in [5.74, 6) is -0.985. The van der Waals surface area contributed by atoms with Gasteiger partial charge in [0.05, 0.1) is 5.92 Å². The summed E-state index contributed by atoms with van der Waals surface area (Å²) in [6, 6.07) is 6.89. The standard InChI is InChI=1S/C16H20BrNO3/c1-10-7-8-18(14(9-10)16(20)21)15(19)11(2)12-3-5-13(17)6-4-12/h3-6,10-11,14H,7-9H2,1-2H3,(H,20,21). The van der Waals surface area contributed by atoms with Gasteiger partial charge in [-0.05, 0) is 43.4 Å². The Morgan fingerprint density at radius 1 is 1.33 bits per heavy atom. The van der Waals surface area contributed by atoms with Crippen LogP contribution in [0.25, 0.3) is 0 Å². The van der Waals surface area contributed by atoms with Gasteiger partial charge >= 0.3 is 5.97 Å². The first kappa shape index (κ1) is 16.0. The van der Waals surface area contributed by atoms with E-state index < -0.39 is 12.0 Å². The number of carbonyl (C=O) groups excluding carboxylic acids is 1. The van der Waals surface area contributed by atoms with Crippen molar-refractivity contribution in [2.24, 2.45) is 5.92 Å². The topological polar surface area (TPSA) is 57.6 Å². The molecule has 3 atom stereocenters. The summed E-state index contributed by atoms with van der Waals surface area (Å²) < 4.78 is 0.959. The Kier molecular flexibility index (Phi) is 5.04. The maximum absolute atomic E-state index is 12.7. The van der Waals surface area contributed by atoms with Crippen molar-refractivity contribution in [2.75, 3.05) is 6.54 Å². The number of carboxylic acid groups (broad SMARTS) is 1. The fourth-order valence-corrected chi connectivity index (χ4v) is 3.05. The Bertz CT molecular complexity index is 529. The van der Waals surface area contributed by atoms with E-state index in [9.17, 15) is 14.7 Å². The van der Waals surface area contributed by atoms with Crippen molar-refractivity contribution >= 4 is 27.8 Å². The molecule has 3 unspecified atom stereocenters. The molecule has 0 aliphatic carbocycles. The van der Waals surface area contributed by atoms with E-state index in [4.69, 9.17) is 0 Å². The molecule has 2 rings (SSSR count). The van der Waals surface area contributed by atoms with Crippen molar-refractivity contribution in [2.45, 2.75) is 38.6 Å². The number of likely N-dealkylation sites (tertiary alicyclic amines) is 1. The first-order valence-electron chi connectivity index (χ1n) is 7.19. The van der Waals surface area contributed by atoms with Crippen LogP contribution in [0.5, 0.6) is 0 Å². The summed E-state index contributed by atoms with van der Waals surface area (Å²) in [6.45, 7) is 4.40. The minimum absolute atomic E-state index is 0.100. The molecule has 1 amide bonds. The molecule has 0 bridgehead atoms. The number of hydrogen-bond donors (Lipinski definition) is 1. The third kappa shape index (κ3) is 3.64. The number of halogens is 1. The van der Waals surface area contributed by atoms with Gasteiger partial charge in [-0.15, -0.1) is 0 Å². The molecule has 114 valence electrons. The minimum atomic E-state index is -0.905. The van der Waals surface area contributed by atoms with Gasteiger partial charge in [0.25, 0.3) is 0 Å². The second kappa shape index (κ2) is 6.60. The summed E-state index contributed by atoms with van der Waals surface area (Å²) in [6.07, 6.45) is 1.40. The van der Waals surface area contributed by atoms with Crippen LogP contribution in [0.4, 0.5) is 0 Å². The number of benzene rings is 1. The van der Waals surface area contributed by atoms with Gasteiger partial charge in [0, 0.05) is 11.0 Å². The monoisotopic (exact) mass is 353 g/mol. The Hall–Kier alpha value is -1.36. The predicted molar refractivity (Wildman–Crippen MR) is 84.1 cm³/mol. The molecule has 1 aliphatic heterocycles. The van der Waals surface area contributed by atoms with Gasteiger partial charge in [-0.25, -0.2) is 4.79 Å². The molecule has 0 spiro atoms. The average Bonchev–Trinajstić information content (AvgIpc) is 2.46. The third-order valence-corrected chi connectivity index (χ3v) is 4.70. The molecule has 1 fully saturated rings. The van der Waals surface area contributed by atoms with Crippen molar-refractivity contribution in [1.29, 1.82) is 0 Å². The van der Waals surface area contributed by atoms with E-state index in [1.165, 1.54) is 4.90 Å². The molecule has 1 saturated heterocycles. The minimum Gasteiger partial charge on any atom is -0.480 e. The van der Waals surface area contributed by atoms with Gasteiger partial charge in [-0.2, -0.15) is 0 Å². The van der Waals surface area contributed by atoms with Gasteiger partial charge in [0.1, 0.15) is 6.04 Å². The van der Waals surface area contributed by atoms with E-state index >= 15 is 0 Å². The molecule has 1 aromatic carbocycles. The number of aliphatic carboxylic acids is 1. The third-order valence-electron chi connectivity index (χ3n) is 4.17. The molecule has 1 aromatic rings. The average molecular weight is 354 g/mol. The van der Waals surface area contributed by atoms with E-state index in [1.807, 2.05) is 38.1 Å². The maximum atomic E-state index is 12.7. The molecule has 1 aliphatic rings. The zero-order chi connectivity index (χ0) is 15.6. The van der Waals surface area contributed by atoms with Gasteiger partial charge in [0.15, 0.2) is 0 Å². The summed E-state index contributed by atoms with van der Waals surface area (Å²) in [5.41, 5.74) is 0.908. The molecule has 1 N–H and O–H groups in total. The van der Waals surface area contributed by atoms with Crippen LogP contribution in [0, 0.1) is 5.92 Å². The van der Waals surface area contributed by atoms with Gasteiger partial charge < -0.3 is 10.0 Å². The van der Waals surface area contributed by atoms with Gasteiger partial charge in [-0.3, -0.25) is 4.79 Å². The highest BCUT2D eigenvalue weighted by Crippen LogP contribution is 2.27. The SMILES string of the molecule is CC1CCN(C(=O)C(C)c2ccc(Br)cc2)C(C(=O)O)C1. The summed E-state index contributed by atoms with van der Waals surface area (Å²) in [5, 5.41) is 9.36. The first-order chi connectivity index (χ1) is 9.90. The molecule has 0 radical (unpaired) electrons. The smallest absolute Gasteiger partial charge is 0.326 e. The number of piperidine rings is 1. The number of carbonyl (C=O) groups is 2. The van der Waals surface area contributed by atoms with Crippen LogP contribution in [0.2, 0.25) is 0 Å². The van der Waals surface area contributed by atoms with E-state index in [-0.39, 0.29) is 11.8 Å². The summed E-state index contributed by atoms with van der Waals surface area (Å²) in [4.78, 5) is 25.6. The van der Waals surface area contributed by atoms with Crippen molar-refractivity contribution in [3.63, 3.8) is 0 Å². The van der Waals surface area contributed by atoms with E-state index in [0.29, 0.717) is 18.9 Å². The van der Waals surface area contributed by atoms with Crippen LogP contribution < -0.4 is 0 Å². The van der Waals surface area contributed by atoms with E-state index in [1.54, 1.807) is 0 Å². The van der Waals surface area contributed by atoms with Crippen LogP contribution in [-0.2, 0) is 9.59 Å². The van der Waals surface area contributed by atoms with Crippen LogP contribution in [0.15, 0.2) is 28.7 Å². The lowest BCUT2D eigenvalue weighted by molar-refractivity contribution is -0.153. The lowest BCUT2D eigenvalue weighted by Crippen LogP contribution is -2.51. The van der Waals surface area contributed by atoms with Crippen molar-refractivity contribution in [1.82, 2.24) is 4.90 Å². The van der Waals surface area contributed by atoms with Crippen LogP contribution in [0.1, 0.15) is 38.2 Å². The maximum Gasteiger partial charge on any atom is 0.326 e. The molecule has 0 saturated carbocycles. The largest absolute Gasteiger partial charge is 0.480 e. The van der Waals surface area contributed by atoms with Crippen LogP contribution >= 0.6 is 15.9 Å². The molecule has 0 aromatic heterocycles. The summed E-state index contributed by atoms with van der Waals surface area (Å²) >= 11 is 3.37. The van der Waals surface area contributed by atoms with Gasteiger partial charge in [0.2, 0.25) is 5.91 Å². The molecule has 4 nitrogen and oxygen atoms in total. The Morgan fingerprint density at radius 3 is 2.52 bits per heavy atom. The lowest BCUT2D eigenvalue weighted by Gasteiger charge is -2.37. The van der Waals surface area contributed by atoms with Crippen LogP contribution in [-0.4, -0.2) is 34.5 Å². The normalized spacial score (nSPS) is 23.7.